The molecule has 0 aromatic heterocycles. The van der Waals surface area contributed by atoms with Crippen molar-refractivity contribution in [1.29, 1.82) is 0 Å². The number of amides is 3. The molecule has 206 valence electrons. The number of aryl methyl sites for hydroxylation is 1. The molecular weight excluding hydrogens is 474 g/mol. The number of hydrogen-bond acceptors (Lipinski definition) is 4. The molecule has 1 aromatic carbocycles. The molecule has 1 aromatic rings. The molecule has 38 heavy (non-hydrogen) atoms. The summed E-state index contributed by atoms with van der Waals surface area (Å²) in [6, 6.07) is 5.45. The van der Waals surface area contributed by atoms with Crippen LogP contribution in [0.4, 0.5) is 0 Å². The molecule has 0 spiro atoms. The van der Waals surface area contributed by atoms with Crippen LogP contribution < -0.4 is 5.32 Å². The van der Waals surface area contributed by atoms with Gasteiger partial charge in [-0.1, -0.05) is 37.8 Å². The summed E-state index contributed by atoms with van der Waals surface area (Å²) in [5.74, 6) is 2.41. The van der Waals surface area contributed by atoms with Crippen molar-refractivity contribution in [3.05, 3.63) is 34.9 Å². The number of imide groups is 1. The second kappa shape index (κ2) is 10.7. The Morgan fingerprint density at radius 2 is 1.58 bits per heavy atom. The third kappa shape index (κ3) is 5.05. The molecule has 7 rings (SSSR count). The lowest BCUT2D eigenvalue weighted by Crippen LogP contribution is -2.58. The number of carbonyl (C=O) groups excluding carboxylic acids is 3. The number of hydrogen-bond donors (Lipinski definition) is 1. The highest BCUT2D eigenvalue weighted by Crippen LogP contribution is 2.57. The maximum absolute atomic E-state index is 13.0. The molecule has 1 atom stereocenters. The minimum Gasteiger partial charge on any atom is -0.322 e. The van der Waals surface area contributed by atoms with E-state index in [1.807, 2.05) is 12.1 Å². The molecule has 2 aliphatic heterocycles. The van der Waals surface area contributed by atoms with E-state index in [0.717, 1.165) is 41.7 Å². The average molecular weight is 520 g/mol. The Morgan fingerprint density at radius 3 is 2.26 bits per heavy atom. The van der Waals surface area contributed by atoms with E-state index < -0.39 is 6.04 Å². The Bertz CT molecular complexity index is 1050. The molecule has 4 bridgehead atoms. The van der Waals surface area contributed by atoms with Gasteiger partial charge in [0, 0.05) is 24.1 Å². The molecule has 4 aliphatic carbocycles. The molecule has 6 nitrogen and oxygen atoms in total. The van der Waals surface area contributed by atoms with Gasteiger partial charge in [0.1, 0.15) is 6.04 Å². The zero-order chi connectivity index (χ0) is 26.3. The van der Waals surface area contributed by atoms with Gasteiger partial charge in [0.2, 0.25) is 11.8 Å². The lowest BCUT2D eigenvalue weighted by molar-refractivity contribution is -0.136. The van der Waals surface area contributed by atoms with Gasteiger partial charge in [0.15, 0.2) is 0 Å². The number of rotatable bonds is 11. The maximum Gasteiger partial charge on any atom is 0.255 e. The van der Waals surface area contributed by atoms with Gasteiger partial charge in [-0.15, -0.1) is 0 Å². The summed E-state index contributed by atoms with van der Waals surface area (Å²) in [4.78, 5) is 41.3. The summed E-state index contributed by atoms with van der Waals surface area (Å²) in [5.41, 5.74) is 3.59. The van der Waals surface area contributed by atoms with Gasteiger partial charge in [-0.3, -0.25) is 19.7 Å². The van der Waals surface area contributed by atoms with Crippen molar-refractivity contribution >= 4 is 17.7 Å². The van der Waals surface area contributed by atoms with Crippen molar-refractivity contribution in [1.82, 2.24) is 15.1 Å². The molecule has 4 saturated carbocycles. The van der Waals surface area contributed by atoms with E-state index in [4.69, 9.17) is 0 Å². The van der Waals surface area contributed by atoms with E-state index in [1.54, 1.807) is 4.90 Å². The first kappa shape index (κ1) is 26.0. The first-order chi connectivity index (χ1) is 18.4. The number of nitrogens with one attached hydrogen (secondary N) is 1. The van der Waals surface area contributed by atoms with Gasteiger partial charge in [0.05, 0.1) is 0 Å². The van der Waals surface area contributed by atoms with Crippen molar-refractivity contribution in [2.75, 3.05) is 13.6 Å². The lowest BCUT2D eigenvalue weighted by atomic mass is 9.52. The van der Waals surface area contributed by atoms with Crippen LogP contribution >= 0.6 is 0 Å². The van der Waals surface area contributed by atoms with Crippen LogP contribution in [0.3, 0.4) is 0 Å². The molecule has 1 unspecified atom stereocenters. The molecule has 3 amide bonds. The molecule has 1 saturated heterocycles. The highest BCUT2D eigenvalue weighted by molar-refractivity contribution is 6.05. The Morgan fingerprint density at radius 1 is 0.921 bits per heavy atom. The first-order valence-electron chi connectivity index (χ1n) is 15.4. The van der Waals surface area contributed by atoms with Gasteiger partial charge in [-0.2, -0.15) is 0 Å². The number of unbranched alkanes of at least 4 members (excludes halogenated alkanes) is 5. The molecule has 5 fully saturated rings. The fourth-order valence-electron chi connectivity index (χ4n) is 9.03. The minimum absolute atomic E-state index is 0.0742. The van der Waals surface area contributed by atoms with E-state index in [0.29, 0.717) is 24.9 Å². The van der Waals surface area contributed by atoms with Crippen molar-refractivity contribution in [2.24, 2.45) is 17.8 Å². The van der Waals surface area contributed by atoms with Gasteiger partial charge < -0.3 is 9.80 Å². The summed E-state index contributed by atoms with van der Waals surface area (Å²) >= 11 is 0. The zero-order valence-electron chi connectivity index (χ0n) is 23.2. The highest BCUT2D eigenvalue weighted by atomic mass is 16.2. The summed E-state index contributed by atoms with van der Waals surface area (Å²) in [6.07, 6.45) is 18.2. The molecule has 6 heteroatoms. The third-order valence-corrected chi connectivity index (χ3v) is 10.7. The number of carbonyl (C=O) groups is 3. The Labute approximate surface area is 227 Å². The molecule has 0 radical (unpaired) electrons. The summed E-state index contributed by atoms with van der Waals surface area (Å²) in [6.45, 7) is 1.74. The summed E-state index contributed by atoms with van der Waals surface area (Å²) in [5, 5.41) is 2.39. The molecular formula is C32H45N3O3. The SMILES string of the molecule is CN(CCCCCCCCc1cccc2c1CN(C1CCC(=O)NC1=O)C2=O)C12CC3CC(CC(C3)C1)C2. The van der Waals surface area contributed by atoms with Crippen LogP contribution in [0.5, 0.6) is 0 Å². The zero-order valence-corrected chi connectivity index (χ0v) is 23.2. The van der Waals surface area contributed by atoms with E-state index in [-0.39, 0.29) is 17.7 Å². The first-order valence-corrected chi connectivity index (χ1v) is 15.4. The van der Waals surface area contributed by atoms with E-state index >= 15 is 0 Å². The number of fused-ring (bicyclic) bond motifs is 1. The van der Waals surface area contributed by atoms with E-state index in [2.05, 4.69) is 23.3 Å². The topological polar surface area (TPSA) is 69.7 Å². The predicted octanol–water partition coefficient (Wildman–Crippen LogP) is 5.23. The van der Waals surface area contributed by atoms with E-state index in [1.165, 1.54) is 82.7 Å². The van der Waals surface area contributed by atoms with Crippen molar-refractivity contribution in [3.8, 4) is 0 Å². The molecule has 6 aliphatic rings. The monoisotopic (exact) mass is 519 g/mol. The van der Waals surface area contributed by atoms with Gasteiger partial charge >= 0.3 is 0 Å². The minimum atomic E-state index is -0.539. The van der Waals surface area contributed by atoms with Crippen LogP contribution in [0, 0.1) is 17.8 Å². The molecule has 2 heterocycles. The van der Waals surface area contributed by atoms with Crippen LogP contribution in [0.1, 0.15) is 111 Å². The predicted molar refractivity (Wildman–Crippen MR) is 147 cm³/mol. The standard InChI is InChI=1S/C32H45N3O3/c1-34(32-18-22-15-23(19-32)17-24(16-22)20-32)14-7-5-3-2-4-6-9-25-10-8-11-26-27(25)21-35(31(26)38)28-12-13-29(36)33-30(28)37/h8,10-11,22-24,28H,2-7,9,12-21H2,1H3,(H,33,36,37). The molecule has 1 N–H and O–H groups in total. The van der Waals surface area contributed by atoms with Gasteiger partial charge in [-0.25, -0.2) is 0 Å². The van der Waals surface area contributed by atoms with Crippen LogP contribution in [0.2, 0.25) is 0 Å². The van der Waals surface area contributed by atoms with Crippen LogP contribution in [-0.2, 0) is 22.6 Å². The van der Waals surface area contributed by atoms with Gasteiger partial charge in [-0.05, 0) is 113 Å². The third-order valence-electron chi connectivity index (χ3n) is 10.7. The van der Waals surface area contributed by atoms with Crippen molar-refractivity contribution in [2.45, 2.75) is 114 Å². The fraction of sp³-hybridized carbons (Fsp3) is 0.719. The largest absolute Gasteiger partial charge is 0.322 e. The number of nitrogens with zero attached hydrogens (tertiary/aromatic N) is 2. The summed E-state index contributed by atoms with van der Waals surface area (Å²) in [7, 11) is 2.41. The highest BCUT2D eigenvalue weighted by Gasteiger charge is 2.52. The second-order valence-corrected chi connectivity index (χ2v) is 13.3. The van der Waals surface area contributed by atoms with Crippen LogP contribution in [0.15, 0.2) is 18.2 Å². The lowest BCUT2D eigenvalue weighted by Gasteiger charge is -2.60. The quantitative estimate of drug-likeness (QED) is 0.321. The second-order valence-electron chi connectivity index (χ2n) is 13.3. The smallest absolute Gasteiger partial charge is 0.255 e. The Balaban J connectivity index is 0.909. The average Bonchev–Trinajstić information content (AvgIpc) is 3.21. The van der Waals surface area contributed by atoms with Gasteiger partial charge in [0.25, 0.3) is 5.91 Å². The van der Waals surface area contributed by atoms with Crippen molar-refractivity contribution in [3.63, 3.8) is 0 Å². The normalized spacial score (nSPS) is 31.8. The Kier molecular flexibility index (Phi) is 7.36. The maximum atomic E-state index is 13.0. The summed E-state index contributed by atoms with van der Waals surface area (Å²) < 4.78 is 0. The van der Waals surface area contributed by atoms with Crippen LogP contribution in [0.25, 0.3) is 0 Å². The van der Waals surface area contributed by atoms with Crippen LogP contribution in [-0.4, -0.2) is 52.7 Å². The number of piperidine rings is 1. The number of benzene rings is 1. The Hall–Kier alpha value is -2.21. The van der Waals surface area contributed by atoms with Crippen molar-refractivity contribution < 1.29 is 14.4 Å². The van der Waals surface area contributed by atoms with E-state index in [9.17, 15) is 14.4 Å². The fourth-order valence-corrected chi connectivity index (χ4v) is 9.03.